The van der Waals surface area contributed by atoms with Crippen LogP contribution in [0.3, 0.4) is 0 Å². The van der Waals surface area contributed by atoms with Gasteiger partial charge in [-0.2, -0.15) is 0 Å². The molecule has 6 aromatic heterocycles. The summed E-state index contributed by atoms with van der Waals surface area (Å²) in [4.78, 5) is 0. The van der Waals surface area contributed by atoms with E-state index in [4.69, 9.17) is 0 Å². The fourth-order valence-electron chi connectivity index (χ4n) is 21.5. The van der Waals surface area contributed by atoms with Gasteiger partial charge in [-0.25, -0.2) is 0 Å². The summed E-state index contributed by atoms with van der Waals surface area (Å²) in [5, 5.41) is 22.3. The standard InChI is InChI=1S/C64H41N3.C62H39N3/c1-3-13-42(14-4-1)45-23-30-50(31-24-45)65-59-21-11-10-20-54(59)57-40-58-56-39-49(29-36-62(56)66(64(58)41-63(57)65)51-32-25-46(26-33-51)43-15-5-2-6-16-43)48-28-35-61-55(38-48)53-19-9-12-22-60(53)67(61)52-34-27-44-17-7-8-18-47(44)37-52;1-2-12-40(13-3-1)43-22-28-48(29-23-43)63-60-33-27-47(46-26-32-59-53(36-46)51-18-8-10-20-57(51)64(59)49-30-24-41-14-4-6-16-44(41)34-49)37-54(60)56-38-55-52-19-9-11-21-58(52)65(61(55)39-62(56)63)50-31-25-42-15-5-7-17-45(42)35-50/h1-41H;1-39H. The molecule has 0 saturated heterocycles. The lowest BCUT2D eigenvalue weighted by Gasteiger charge is -2.12. The first kappa shape index (κ1) is 74.6. The summed E-state index contributed by atoms with van der Waals surface area (Å²) in [6, 6.07) is 179. The van der Waals surface area contributed by atoms with Crippen molar-refractivity contribution in [3.63, 3.8) is 0 Å². The van der Waals surface area contributed by atoms with Crippen molar-refractivity contribution in [3.8, 4) is 89.8 Å². The predicted octanol–water partition coefficient (Wildman–Crippen LogP) is 33.8. The van der Waals surface area contributed by atoms with E-state index in [-0.39, 0.29) is 0 Å². The molecule has 6 nitrogen and oxygen atoms in total. The van der Waals surface area contributed by atoms with E-state index >= 15 is 0 Å². The van der Waals surface area contributed by atoms with Crippen molar-refractivity contribution in [2.24, 2.45) is 0 Å². The SMILES string of the molecule is c1ccc(-c2ccc(-n3c4ccc(-c5ccc6c(c5)c5ccccc5n6-c5ccc6ccccc6c5)cc4c4cc5c6ccccc6n(-c6ccc7ccccc7c6)c5cc43)cc2)cc1.c1ccc(-c2ccc(-n3c4ccccc4c4cc5c6cc(-c7ccc8c(c7)c7ccccc7n8-c7ccc8ccccc8c7)ccc6n(-c6ccc(-c7ccccc7)cc6)c5cc43)cc2)cc1. The molecule has 0 aliphatic rings. The highest BCUT2D eigenvalue weighted by atomic mass is 15.0. The lowest BCUT2D eigenvalue weighted by molar-refractivity contribution is 1.16. The largest absolute Gasteiger partial charge is 0.309 e. The molecular formula is C126H80N6. The highest BCUT2D eigenvalue weighted by Crippen LogP contribution is 2.47. The van der Waals surface area contributed by atoms with Crippen LogP contribution in [0.5, 0.6) is 0 Å². The molecule has 0 unspecified atom stereocenters. The van der Waals surface area contributed by atoms with E-state index in [1.165, 1.54) is 230 Å². The average Bonchev–Trinajstić information content (AvgIpc) is 1.55. The molecule has 6 heterocycles. The Morgan fingerprint density at radius 2 is 0.280 bits per heavy atom. The van der Waals surface area contributed by atoms with Gasteiger partial charge >= 0.3 is 0 Å². The lowest BCUT2D eigenvalue weighted by Crippen LogP contribution is -1.96. The molecule has 0 aliphatic carbocycles. The van der Waals surface area contributed by atoms with Crippen LogP contribution in [0, 0.1) is 0 Å². The summed E-state index contributed by atoms with van der Waals surface area (Å²) >= 11 is 0. The lowest BCUT2D eigenvalue weighted by atomic mass is 10.00. The van der Waals surface area contributed by atoms with Crippen LogP contribution in [0.25, 0.3) is 253 Å². The van der Waals surface area contributed by atoms with E-state index in [2.05, 4.69) is 513 Å². The topological polar surface area (TPSA) is 29.6 Å². The molecule has 0 amide bonds. The number of fused-ring (bicyclic) bond motifs is 21. The average molecular weight is 1680 g/mol. The minimum atomic E-state index is 1.13. The second-order valence-corrected chi connectivity index (χ2v) is 35.1. The second-order valence-electron chi connectivity index (χ2n) is 35.1. The normalized spacial score (nSPS) is 11.9. The monoisotopic (exact) mass is 1680 g/mol. The smallest absolute Gasteiger partial charge is 0.0562 e. The van der Waals surface area contributed by atoms with E-state index in [0.29, 0.717) is 0 Å². The molecule has 0 bridgehead atoms. The van der Waals surface area contributed by atoms with Gasteiger partial charge in [-0.1, -0.05) is 315 Å². The molecule has 28 aromatic rings. The highest BCUT2D eigenvalue weighted by molar-refractivity contribution is 6.23. The van der Waals surface area contributed by atoms with Crippen molar-refractivity contribution in [2.75, 3.05) is 0 Å². The molecule has 22 aromatic carbocycles. The van der Waals surface area contributed by atoms with Crippen molar-refractivity contribution in [2.45, 2.75) is 0 Å². The number of hydrogen-bond donors (Lipinski definition) is 0. The van der Waals surface area contributed by atoms with Crippen molar-refractivity contribution < 1.29 is 0 Å². The van der Waals surface area contributed by atoms with Crippen molar-refractivity contribution in [3.05, 3.63) is 485 Å². The quantitative estimate of drug-likeness (QED) is 0.124. The van der Waals surface area contributed by atoms with Gasteiger partial charge in [0.2, 0.25) is 0 Å². The number of hydrogen-bond acceptors (Lipinski definition) is 0. The second kappa shape index (κ2) is 30.0. The third-order valence-electron chi connectivity index (χ3n) is 27.8. The number of nitrogens with zero attached hydrogens (tertiary/aromatic N) is 6. The number of rotatable bonds is 11. The van der Waals surface area contributed by atoms with Crippen LogP contribution in [0.2, 0.25) is 0 Å². The Balaban J connectivity index is 0.000000135. The number of benzene rings is 22. The molecule has 132 heavy (non-hydrogen) atoms. The maximum Gasteiger partial charge on any atom is 0.0562 e. The summed E-state index contributed by atoms with van der Waals surface area (Å²) in [5.41, 5.74) is 33.2. The van der Waals surface area contributed by atoms with Gasteiger partial charge in [0.1, 0.15) is 0 Å². The van der Waals surface area contributed by atoms with Gasteiger partial charge in [0, 0.05) is 98.8 Å². The minimum absolute atomic E-state index is 1.13. The first-order valence-corrected chi connectivity index (χ1v) is 45.5. The summed E-state index contributed by atoms with van der Waals surface area (Å²) < 4.78 is 14.6. The van der Waals surface area contributed by atoms with E-state index in [1.807, 2.05) is 0 Å². The Kier molecular flexibility index (Phi) is 17.0. The molecule has 6 heteroatoms. The minimum Gasteiger partial charge on any atom is -0.309 e. The molecule has 0 saturated carbocycles. The Hall–Kier alpha value is -17.6. The van der Waals surface area contributed by atoms with Crippen molar-refractivity contribution in [1.29, 1.82) is 0 Å². The van der Waals surface area contributed by atoms with E-state index in [0.717, 1.165) is 22.7 Å². The van der Waals surface area contributed by atoms with Crippen molar-refractivity contribution >= 4 is 163 Å². The summed E-state index contributed by atoms with van der Waals surface area (Å²) in [7, 11) is 0. The molecular weight excluding hydrogens is 1600 g/mol. The Bertz CT molecular complexity index is 9550. The van der Waals surface area contributed by atoms with Gasteiger partial charge in [0.05, 0.1) is 66.2 Å². The molecule has 0 N–H and O–H groups in total. The molecule has 0 aliphatic heterocycles. The van der Waals surface area contributed by atoms with Gasteiger partial charge in [0.25, 0.3) is 0 Å². The van der Waals surface area contributed by atoms with E-state index < -0.39 is 0 Å². The zero-order chi connectivity index (χ0) is 86.6. The van der Waals surface area contributed by atoms with Gasteiger partial charge in [-0.3, -0.25) is 0 Å². The fraction of sp³-hybridized carbons (Fsp3) is 0. The van der Waals surface area contributed by atoms with Crippen LogP contribution in [0.15, 0.2) is 485 Å². The van der Waals surface area contributed by atoms with Gasteiger partial charge in [0.15, 0.2) is 0 Å². The first-order chi connectivity index (χ1) is 65.4. The van der Waals surface area contributed by atoms with Crippen LogP contribution in [0.1, 0.15) is 0 Å². The Morgan fingerprint density at radius 1 is 0.0909 bits per heavy atom. The molecule has 28 rings (SSSR count). The van der Waals surface area contributed by atoms with Crippen LogP contribution in [0.4, 0.5) is 0 Å². The number of aromatic nitrogens is 6. The molecule has 0 radical (unpaired) electrons. The molecule has 0 spiro atoms. The van der Waals surface area contributed by atoms with E-state index in [9.17, 15) is 0 Å². The highest BCUT2D eigenvalue weighted by Gasteiger charge is 2.25. The molecule has 0 fully saturated rings. The third-order valence-corrected chi connectivity index (χ3v) is 27.8. The van der Waals surface area contributed by atoms with Crippen molar-refractivity contribution in [1.82, 2.24) is 27.4 Å². The fourth-order valence-corrected chi connectivity index (χ4v) is 21.5. The van der Waals surface area contributed by atoms with E-state index in [1.54, 1.807) is 0 Å². The predicted molar refractivity (Wildman–Crippen MR) is 559 cm³/mol. The Morgan fingerprint density at radius 3 is 0.568 bits per heavy atom. The van der Waals surface area contributed by atoms with Gasteiger partial charge in [-0.05, 0) is 258 Å². The number of para-hydroxylation sites is 4. The molecule has 0 atom stereocenters. The van der Waals surface area contributed by atoms with Crippen LogP contribution < -0.4 is 0 Å². The molecule has 614 valence electrons. The maximum atomic E-state index is 2.46. The summed E-state index contributed by atoms with van der Waals surface area (Å²) in [6.45, 7) is 0. The summed E-state index contributed by atoms with van der Waals surface area (Å²) in [5.74, 6) is 0. The zero-order valence-corrected chi connectivity index (χ0v) is 71.9. The first-order valence-electron chi connectivity index (χ1n) is 45.5. The maximum absolute atomic E-state index is 2.46. The zero-order valence-electron chi connectivity index (χ0n) is 71.9. The van der Waals surface area contributed by atoms with Gasteiger partial charge < -0.3 is 27.4 Å². The van der Waals surface area contributed by atoms with Gasteiger partial charge in [-0.15, -0.1) is 0 Å². The van der Waals surface area contributed by atoms with Crippen LogP contribution in [-0.4, -0.2) is 27.4 Å². The Labute approximate surface area is 760 Å². The van der Waals surface area contributed by atoms with Crippen LogP contribution >= 0.6 is 0 Å². The van der Waals surface area contributed by atoms with Crippen LogP contribution in [-0.2, 0) is 0 Å². The third kappa shape index (κ3) is 12.0. The summed E-state index contributed by atoms with van der Waals surface area (Å²) in [6.07, 6.45) is 0.